The molecule has 0 saturated carbocycles. The van der Waals surface area contributed by atoms with E-state index in [0.717, 1.165) is 41.0 Å². The lowest BCUT2D eigenvalue weighted by Gasteiger charge is -2.30. The van der Waals surface area contributed by atoms with Gasteiger partial charge in [0.15, 0.2) is 5.65 Å². The van der Waals surface area contributed by atoms with Crippen molar-refractivity contribution in [2.45, 2.75) is 18.8 Å². The zero-order chi connectivity index (χ0) is 24.5. The van der Waals surface area contributed by atoms with Crippen molar-refractivity contribution in [2.75, 3.05) is 44.3 Å². The molecule has 1 aromatic carbocycles. The van der Waals surface area contributed by atoms with Crippen LogP contribution in [0.25, 0.3) is 16.6 Å². The monoisotopic (exact) mass is 482 g/mol. The van der Waals surface area contributed by atoms with Gasteiger partial charge in [-0.15, -0.1) is 0 Å². The van der Waals surface area contributed by atoms with Crippen LogP contribution >= 0.6 is 0 Å². The number of nitrogens with zero attached hydrogens (tertiary/aromatic N) is 6. The van der Waals surface area contributed by atoms with Crippen LogP contribution in [0.1, 0.15) is 35.8 Å². The number of imidazole rings is 1. The van der Waals surface area contributed by atoms with E-state index < -0.39 is 6.09 Å². The molecule has 0 bridgehead atoms. The van der Waals surface area contributed by atoms with Gasteiger partial charge in [-0.05, 0) is 42.9 Å². The van der Waals surface area contributed by atoms with Crippen molar-refractivity contribution in [2.24, 2.45) is 0 Å². The molecule has 1 amide bonds. The molecule has 1 N–H and O–H groups in total. The lowest BCUT2D eigenvalue weighted by Crippen LogP contribution is -2.37. The Morgan fingerprint density at radius 1 is 0.972 bits per heavy atom. The van der Waals surface area contributed by atoms with E-state index >= 15 is 0 Å². The van der Waals surface area contributed by atoms with Gasteiger partial charge in [-0.3, -0.25) is 0 Å². The Hall–Kier alpha value is -4.16. The highest BCUT2D eigenvalue weighted by Crippen LogP contribution is 2.33. The molecule has 182 valence electrons. The van der Waals surface area contributed by atoms with Crippen LogP contribution in [-0.2, 0) is 4.74 Å². The number of piperidine rings is 1. The Balaban J connectivity index is 1.43. The average Bonchev–Trinajstić information content (AvgIpc) is 3.31. The summed E-state index contributed by atoms with van der Waals surface area (Å²) in [6, 6.07) is 13.9. The van der Waals surface area contributed by atoms with Gasteiger partial charge in [0.05, 0.1) is 36.3 Å². The van der Waals surface area contributed by atoms with Crippen molar-refractivity contribution < 1.29 is 14.6 Å². The Morgan fingerprint density at radius 3 is 2.58 bits per heavy atom. The number of hydrogen-bond donors (Lipinski definition) is 1. The summed E-state index contributed by atoms with van der Waals surface area (Å²) < 4.78 is 7.44. The minimum atomic E-state index is -0.873. The molecule has 0 aliphatic carbocycles. The number of rotatable bonds is 2. The highest BCUT2D eigenvalue weighted by atomic mass is 16.5. The van der Waals surface area contributed by atoms with Gasteiger partial charge in [0.2, 0.25) is 0 Å². The van der Waals surface area contributed by atoms with Gasteiger partial charge in [-0.25, -0.2) is 19.3 Å². The summed E-state index contributed by atoms with van der Waals surface area (Å²) in [6.07, 6.45) is 2.33. The van der Waals surface area contributed by atoms with Crippen LogP contribution in [0.3, 0.4) is 0 Å². The number of morpholine rings is 1. The fourth-order valence-electron chi connectivity index (χ4n) is 5.07. The summed E-state index contributed by atoms with van der Waals surface area (Å²) in [4.78, 5) is 24.9. The quantitative estimate of drug-likeness (QED) is 0.438. The molecule has 5 heterocycles. The van der Waals surface area contributed by atoms with Gasteiger partial charge in [-0.2, -0.15) is 5.10 Å². The number of benzene rings is 1. The van der Waals surface area contributed by atoms with Crippen LogP contribution in [0.2, 0.25) is 0 Å². The Bertz CT molecular complexity index is 1490. The van der Waals surface area contributed by atoms with E-state index in [2.05, 4.69) is 26.8 Å². The molecule has 2 saturated heterocycles. The topological polar surface area (TPSA) is 96.1 Å². The summed E-state index contributed by atoms with van der Waals surface area (Å²) in [5.74, 6) is 6.61. The van der Waals surface area contributed by atoms with Gasteiger partial charge in [0.1, 0.15) is 11.4 Å². The Kier molecular flexibility index (Phi) is 5.87. The molecule has 9 heteroatoms. The molecule has 0 atom stereocenters. The minimum absolute atomic E-state index is 0.108. The van der Waals surface area contributed by atoms with Crippen LogP contribution in [0.5, 0.6) is 0 Å². The molecule has 3 aromatic heterocycles. The third kappa shape index (κ3) is 4.20. The first-order valence-corrected chi connectivity index (χ1v) is 12.2. The molecule has 2 fully saturated rings. The number of carboxylic acid groups (broad SMARTS) is 1. The summed E-state index contributed by atoms with van der Waals surface area (Å²) in [7, 11) is 0. The smallest absolute Gasteiger partial charge is 0.407 e. The Labute approximate surface area is 208 Å². The zero-order valence-electron chi connectivity index (χ0n) is 19.8. The summed E-state index contributed by atoms with van der Waals surface area (Å²) in [6.45, 7) is 3.90. The number of likely N-dealkylation sites (tertiary alicyclic amines) is 1. The van der Waals surface area contributed by atoms with Crippen LogP contribution in [0, 0.1) is 11.8 Å². The molecular formula is C27H26N6O3. The molecule has 2 aliphatic heterocycles. The van der Waals surface area contributed by atoms with E-state index in [1.54, 1.807) is 6.20 Å². The lowest BCUT2D eigenvalue weighted by molar-refractivity contribution is 0.122. The third-order valence-corrected chi connectivity index (χ3v) is 6.94. The van der Waals surface area contributed by atoms with Gasteiger partial charge in [0.25, 0.3) is 0 Å². The molecule has 0 spiro atoms. The van der Waals surface area contributed by atoms with E-state index in [1.165, 1.54) is 4.90 Å². The van der Waals surface area contributed by atoms with E-state index in [0.29, 0.717) is 50.5 Å². The fourth-order valence-corrected chi connectivity index (χ4v) is 5.07. The number of ether oxygens (including phenoxy) is 1. The second-order valence-electron chi connectivity index (χ2n) is 9.08. The average molecular weight is 483 g/mol. The van der Waals surface area contributed by atoms with Gasteiger partial charge >= 0.3 is 6.09 Å². The van der Waals surface area contributed by atoms with E-state index in [4.69, 9.17) is 9.72 Å². The fraction of sp³-hybridized carbons (Fsp3) is 0.333. The SMILES string of the molecule is O=C(O)N1CCC(c2c(C#Cc3ccc4ccccc4n3)nc3c(N4CCOCC4)ccnn23)CC1. The van der Waals surface area contributed by atoms with Crippen LogP contribution in [-0.4, -0.2) is 75.1 Å². The number of amides is 1. The molecule has 6 rings (SSSR count). The summed E-state index contributed by atoms with van der Waals surface area (Å²) in [5, 5.41) is 15.1. The third-order valence-electron chi connectivity index (χ3n) is 6.94. The van der Waals surface area contributed by atoms with Crippen molar-refractivity contribution in [1.29, 1.82) is 0 Å². The molecule has 0 radical (unpaired) electrons. The van der Waals surface area contributed by atoms with Crippen molar-refractivity contribution in [3.63, 3.8) is 0 Å². The number of para-hydroxylation sites is 1. The first kappa shape index (κ1) is 22.3. The summed E-state index contributed by atoms with van der Waals surface area (Å²) in [5.41, 5.74) is 4.97. The van der Waals surface area contributed by atoms with Gasteiger partial charge < -0.3 is 19.6 Å². The number of hydrogen-bond acceptors (Lipinski definition) is 6. The zero-order valence-corrected chi connectivity index (χ0v) is 19.8. The molecule has 4 aromatic rings. The first-order valence-electron chi connectivity index (χ1n) is 12.2. The number of anilines is 1. The lowest BCUT2D eigenvalue weighted by atomic mass is 9.92. The van der Waals surface area contributed by atoms with Crippen molar-refractivity contribution in [1.82, 2.24) is 24.5 Å². The second kappa shape index (κ2) is 9.47. The van der Waals surface area contributed by atoms with Crippen molar-refractivity contribution in [3.8, 4) is 11.8 Å². The molecule has 9 nitrogen and oxygen atoms in total. The van der Waals surface area contributed by atoms with E-state index in [1.807, 2.05) is 47.0 Å². The van der Waals surface area contributed by atoms with Crippen molar-refractivity contribution >= 4 is 28.3 Å². The minimum Gasteiger partial charge on any atom is -0.465 e. The van der Waals surface area contributed by atoms with Crippen molar-refractivity contribution in [3.05, 3.63) is 65.7 Å². The first-order chi connectivity index (χ1) is 17.7. The predicted molar refractivity (Wildman–Crippen MR) is 135 cm³/mol. The van der Waals surface area contributed by atoms with E-state index in [9.17, 15) is 9.90 Å². The molecule has 2 aliphatic rings. The largest absolute Gasteiger partial charge is 0.465 e. The Morgan fingerprint density at radius 2 is 1.78 bits per heavy atom. The number of carbonyl (C=O) groups is 1. The second-order valence-corrected chi connectivity index (χ2v) is 9.08. The van der Waals surface area contributed by atoms with Gasteiger partial charge in [0, 0.05) is 37.5 Å². The number of fused-ring (bicyclic) bond motifs is 2. The number of aromatic nitrogens is 4. The molecular weight excluding hydrogens is 456 g/mol. The highest BCUT2D eigenvalue weighted by Gasteiger charge is 2.29. The predicted octanol–water partition coefficient (Wildman–Crippen LogP) is 3.37. The standard InChI is InChI=1S/C27H26N6O3/c34-27(35)32-13-10-20(11-14-32)25-23(8-7-21-6-5-19-3-1-2-4-22(19)29-21)30-26-24(9-12-28-33(25)26)31-15-17-36-18-16-31/h1-6,9,12,20H,10-11,13-18H2,(H,34,35). The maximum atomic E-state index is 11.5. The maximum Gasteiger partial charge on any atom is 0.407 e. The van der Waals surface area contributed by atoms with Crippen LogP contribution < -0.4 is 4.90 Å². The van der Waals surface area contributed by atoms with E-state index in [-0.39, 0.29) is 5.92 Å². The maximum absolute atomic E-state index is 11.5. The molecule has 36 heavy (non-hydrogen) atoms. The number of pyridine rings is 1. The summed E-state index contributed by atoms with van der Waals surface area (Å²) >= 11 is 0. The van der Waals surface area contributed by atoms with Crippen LogP contribution in [0.15, 0.2) is 48.7 Å². The highest BCUT2D eigenvalue weighted by molar-refractivity contribution is 5.79. The van der Waals surface area contributed by atoms with Gasteiger partial charge in [-0.1, -0.05) is 24.3 Å². The van der Waals surface area contributed by atoms with Crippen LogP contribution in [0.4, 0.5) is 10.5 Å². The molecule has 0 unspecified atom stereocenters. The normalized spacial score (nSPS) is 16.8.